The van der Waals surface area contributed by atoms with Crippen LogP contribution in [0, 0.1) is 19.7 Å². The fourth-order valence-electron chi connectivity index (χ4n) is 1.79. The van der Waals surface area contributed by atoms with Crippen molar-refractivity contribution in [3.05, 3.63) is 68.9 Å². The molecule has 0 radical (unpaired) electrons. The van der Waals surface area contributed by atoms with Gasteiger partial charge < -0.3 is 0 Å². The van der Waals surface area contributed by atoms with E-state index < -0.39 is 0 Å². The number of rotatable bonds is 2. The van der Waals surface area contributed by atoms with Crippen molar-refractivity contribution >= 4 is 21.7 Å². The molecule has 3 heteroatoms. The standard InChI is InChI=1S/C15H12BrFO/c1-9-8-11(6-7-14(9)17)15(18)12-4-3-5-13(16)10(12)2/h3-8H,1-2H3. The smallest absolute Gasteiger partial charge is 0.193 e. The van der Waals surface area contributed by atoms with Crippen molar-refractivity contribution in [3.8, 4) is 0 Å². The fraction of sp³-hybridized carbons (Fsp3) is 0.133. The topological polar surface area (TPSA) is 17.1 Å². The van der Waals surface area contributed by atoms with Gasteiger partial charge >= 0.3 is 0 Å². The molecule has 0 spiro atoms. The van der Waals surface area contributed by atoms with Crippen molar-refractivity contribution in [2.45, 2.75) is 13.8 Å². The molecule has 0 amide bonds. The maximum absolute atomic E-state index is 13.2. The van der Waals surface area contributed by atoms with E-state index in [1.165, 1.54) is 12.1 Å². The van der Waals surface area contributed by atoms with Crippen LogP contribution in [0.2, 0.25) is 0 Å². The lowest BCUT2D eigenvalue weighted by atomic mass is 9.98. The van der Waals surface area contributed by atoms with Crippen LogP contribution in [0.15, 0.2) is 40.9 Å². The SMILES string of the molecule is Cc1cc(C(=O)c2cccc(Br)c2C)ccc1F. The van der Waals surface area contributed by atoms with E-state index >= 15 is 0 Å². The van der Waals surface area contributed by atoms with Gasteiger partial charge in [-0.25, -0.2) is 4.39 Å². The molecule has 0 atom stereocenters. The lowest BCUT2D eigenvalue weighted by Crippen LogP contribution is -2.04. The zero-order chi connectivity index (χ0) is 13.3. The molecule has 2 aromatic carbocycles. The first-order valence-electron chi connectivity index (χ1n) is 5.56. The molecule has 0 aromatic heterocycles. The summed E-state index contributed by atoms with van der Waals surface area (Å²) in [5.74, 6) is -0.380. The second-order valence-corrected chi connectivity index (χ2v) is 5.06. The van der Waals surface area contributed by atoms with Gasteiger partial charge in [0.1, 0.15) is 5.82 Å². The first-order chi connectivity index (χ1) is 8.50. The van der Waals surface area contributed by atoms with Gasteiger partial charge in [-0.3, -0.25) is 4.79 Å². The highest BCUT2D eigenvalue weighted by atomic mass is 79.9. The summed E-state index contributed by atoms with van der Waals surface area (Å²) >= 11 is 3.40. The maximum Gasteiger partial charge on any atom is 0.193 e. The molecule has 0 aliphatic rings. The third kappa shape index (κ3) is 2.36. The predicted octanol–water partition coefficient (Wildman–Crippen LogP) is 4.44. The number of halogens is 2. The first-order valence-corrected chi connectivity index (χ1v) is 6.36. The van der Waals surface area contributed by atoms with Gasteiger partial charge in [-0.15, -0.1) is 0 Å². The van der Waals surface area contributed by atoms with Crippen molar-refractivity contribution in [2.24, 2.45) is 0 Å². The molecular weight excluding hydrogens is 295 g/mol. The summed E-state index contributed by atoms with van der Waals surface area (Å²) in [6, 6.07) is 9.92. The number of hydrogen-bond acceptors (Lipinski definition) is 1. The highest BCUT2D eigenvalue weighted by molar-refractivity contribution is 9.10. The van der Waals surface area contributed by atoms with Gasteiger partial charge in [-0.05, 0) is 49.2 Å². The van der Waals surface area contributed by atoms with E-state index in [-0.39, 0.29) is 11.6 Å². The van der Waals surface area contributed by atoms with Gasteiger partial charge in [0.15, 0.2) is 5.78 Å². The lowest BCUT2D eigenvalue weighted by Gasteiger charge is -2.07. The second-order valence-electron chi connectivity index (χ2n) is 4.21. The highest BCUT2D eigenvalue weighted by Crippen LogP contribution is 2.22. The monoisotopic (exact) mass is 306 g/mol. The molecule has 92 valence electrons. The first kappa shape index (κ1) is 13.0. The molecule has 0 saturated heterocycles. The quantitative estimate of drug-likeness (QED) is 0.750. The van der Waals surface area contributed by atoms with Crippen molar-refractivity contribution in [1.82, 2.24) is 0 Å². The van der Waals surface area contributed by atoms with Crippen molar-refractivity contribution in [2.75, 3.05) is 0 Å². The Morgan fingerprint density at radius 1 is 1.17 bits per heavy atom. The van der Waals surface area contributed by atoms with E-state index in [0.29, 0.717) is 16.7 Å². The van der Waals surface area contributed by atoms with Crippen LogP contribution in [-0.2, 0) is 0 Å². The average Bonchev–Trinajstić information content (AvgIpc) is 2.35. The zero-order valence-corrected chi connectivity index (χ0v) is 11.7. The summed E-state index contributed by atoms with van der Waals surface area (Å²) in [7, 11) is 0. The van der Waals surface area contributed by atoms with Gasteiger partial charge in [0.25, 0.3) is 0 Å². The minimum Gasteiger partial charge on any atom is -0.289 e. The minimum absolute atomic E-state index is 0.0862. The molecule has 0 saturated carbocycles. The van der Waals surface area contributed by atoms with Crippen LogP contribution in [0.1, 0.15) is 27.0 Å². The Bertz CT molecular complexity index is 620. The average molecular weight is 307 g/mol. The summed E-state index contributed by atoms with van der Waals surface area (Å²) in [5, 5.41) is 0. The Labute approximate surface area is 114 Å². The zero-order valence-electron chi connectivity index (χ0n) is 10.1. The predicted molar refractivity (Wildman–Crippen MR) is 73.4 cm³/mol. The Morgan fingerprint density at radius 2 is 1.89 bits per heavy atom. The van der Waals surface area contributed by atoms with Crippen LogP contribution in [0.25, 0.3) is 0 Å². The van der Waals surface area contributed by atoms with Gasteiger partial charge in [0, 0.05) is 15.6 Å². The molecule has 2 aromatic rings. The van der Waals surface area contributed by atoms with Gasteiger partial charge in [0.05, 0.1) is 0 Å². The largest absolute Gasteiger partial charge is 0.289 e. The molecular formula is C15H12BrFO. The van der Waals surface area contributed by atoms with Gasteiger partial charge in [0.2, 0.25) is 0 Å². The summed E-state index contributed by atoms with van der Waals surface area (Å²) in [4.78, 5) is 12.3. The second kappa shape index (κ2) is 5.02. The van der Waals surface area contributed by atoms with Gasteiger partial charge in [-0.1, -0.05) is 28.1 Å². The number of carbonyl (C=O) groups is 1. The minimum atomic E-state index is -0.294. The molecule has 0 aliphatic carbocycles. The molecule has 2 rings (SSSR count). The van der Waals surface area contributed by atoms with Crippen LogP contribution >= 0.6 is 15.9 Å². The summed E-state index contributed by atoms with van der Waals surface area (Å²) in [6.45, 7) is 3.54. The van der Waals surface area contributed by atoms with Crippen LogP contribution < -0.4 is 0 Å². The number of ketones is 1. The van der Waals surface area contributed by atoms with Crippen LogP contribution in [0.5, 0.6) is 0 Å². The molecule has 0 unspecified atom stereocenters. The number of benzene rings is 2. The number of hydrogen-bond donors (Lipinski definition) is 0. The van der Waals surface area contributed by atoms with Crippen molar-refractivity contribution in [3.63, 3.8) is 0 Å². The number of aryl methyl sites for hydroxylation is 1. The fourth-order valence-corrected chi connectivity index (χ4v) is 2.16. The maximum atomic E-state index is 13.2. The van der Waals surface area contributed by atoms with Crippen LogP contribution in [-0.4, -0.2) is 5.78 Å². The molecule has 0 heterocycles. The molecule has 18 heavy (non-hydrogen) atoms. The van der Waals surface area contributed by atoms with E-state index in [1.54, 1.807) is 19.1 Å². The van der Waals surface area contributed by atoms with E-state index in [1.807, 2.05) is 19.1 Å². The van der Waals surface area contributed by atoms with Crippen LogP contribution in [0.4, 0.5) is 4.39 Å². The molecule has 0 aliphatic heterocycles. The molecule has 0 N–H and O–H groups in total. The summed E-state index contributed by atoms with van der Waals surface area (Å²) in [6.07, 6.45) is 0. The molecule has 0 fully saturated rings. The summed E-state index contributed by atoms with van der Waals surface area (Å²) < 4.78 is 14.1. The Kier molecular flexibility index (Phi) is 3.62. The van der Waals surface area contributed by atoms with Crippen molar-refractivity contribution in [1.29, 1.82) is 0 Å². The third-order valence-electron chi connectivity index (χ3n) is 2.93. The normalized spacial score (nSPS) is 10.4. The summed E-state index contributed by atoms with van der Waals surface area (Å²) in [5.41, 5.74) is 2.52. The molecule has 1 nitrogen and oxygen atoms in total. The lowest BCUT2D eigenvalue weighted by molar-refractivity contribution is 0.103. The van der Waals surface area contributed by atoms with Crippen LogP contribution in [0.3, 0.4) is 0 Å². The van der Waals surface area contributed by atoms with E-state index in [0.717, 1.165) is 10.0 Å². The highest BCUT2D eigenvalue weighted by Gasteiger charge is 2.13. The van der Waals surface area contributed by atoms with Gasteiger partial charge in [-0.2, -0.15) is 0 Å². The number of carbonyl (C=O) groups excluding carboxylic acids is 1. The van der Waals surface area contributed by atoms with E-state index in [2.05, 4.69) is 15.9 Å². The Balaban J connectivity index is 2.48. The molecule has 0 bridgehead atoms. The van der Waals surface area contributed by atoms with Crippen molar-refractivity contribution < 1.29 is 9.18 Å². The third-order valence-corrected chi connectivity index (χ3v) is 3.79. The van der Waals surface area contributed by atoms with E-state index in [4.69, 9.17) is 0 Å². The van der Waals surface area contributed by atoms with E-state index in [9.17, 15) is 9.18 Å². The Hall–Kier alpha value is -1.48. The Morgan fingerprint density at radius 3 is 2.56 bits per heavy atom.